The van der Waals surface area contributed by atoms with Crippen LogP contribution in [-0.2, 0) is 0 Å². The first-order valence-electron chi connectivity index (χ1n) is 6.04. The highest BCUT2D eigenvalue weighted by atomic mass is 28.3. The van der Waals surface area contributed by atoms with E-state index in [-0.39, 0.29) is 0 Å². The second-order valence-corrected chi connectivity index (χ2v) is 11.2. The summed E-state index contributed by atoms with van der Waals surface area (Å²) in [4.78, 5) is 0. The van der Waals surface area contributed by atoms with Crippen LogP contribution in [0.5, 0.6) is 0 Å². The van der Waals surface area contributed by atoms with Crippen LogP contribution in [0, 0.1) is 12.3 Å². The van der Waals surface area contributed by atoms with Crippen molar-refractivity contribution < 1.29 is 0 Å². The van der Waals surface area contributed by atoms with Gasteiger partial charge in [0.05, 0.1) is 0 Å². The topological polar surface area (TPSA) is 0 Å². The zero-order valence-electron chi connectivity index (χ0n) is 10.2. The van der Waals surface area contributed by atoms with Gasteiger partial charge in [-0.15, -0.1) is 0 Å². The monoisotopic (exact) mass is 209 g/mol. The molecule has 2 atom stereocenters. The van der Waals surface area contributed by atoms with Crippen molar-refractivity contribution >= 4 is 8.07 Å². The van der Waals surface area contributed by atoms with Crippen LogP contribution in [0.1, 0.15) is 32.6 Å². The molecule has 14 heavy (non-hydrogen) atoms. The molecule has 1 saturated carbocycles. The van der Waals surface area contributed by atoms with Gasteiger partial charge in [-0.1, -0.05) is 45.1 Å². The Labute approximate surface area is 90.8 Å². The lowest BCUT2D eigenvalue weighted by atomic mass is 9.88. The molecule has 1 fully saturated rings. The second-order valence-electron chi connectivity index (χ2n) is 5.61. The van der Waals surface area contributed by atoms with E-state index < -0.39 is 8.07 Å². The van der Waals surface area contributed by atoms with Crippen molar-refractivity contribution in [3.8, 4) is 0 Å². The molecule has 1 aliphatic rings. The van der Waals surface area contributed by atoms with E-state index in [1.165, 1.54) is 25.7 Å². The Morgan fingerprint density at radius 1 is 1.36 bits per heavy atom. The fourth-order valence-corrected chi connectivity index (χ4v) is 4.32. The van der Waals surface area contributed by atoms with E-state index in [2.05, 4.69) is 45.1 Å². The van der Waals surface area contributed by atoms with E-state index in [1.807, 2.05) is 0 Å². The van der Waals surface area contributed by atoms with Crippen LogP contribution in [0.15, 0.2) is 12.2 Å². The second kappa shape index (κ2) is 5.15. The summed E-state index contributed by atoms with van der Waals surface area (Å²) in [5.74, 6) is 0.778. The largest absolute Gasteiger partial charge is 0.0885 e. The van der Waals surface area contributed by atoms with Crippen LogP contribution in [0.3, 0.4) is 0 Å². The van der Waals surface area contributed by atoms with Gasteiger partial charge < -0.3 is 0 Å². The Kier molecular flexibility index (Phi) is 4.43. The first kappa shape index (κ1) is 12.0. The summed E-state index contributed by atoms with van der Waals surface area (Å²) in [5.41, 5.74) is 1.04. The molecule has 0 heterocycles. The standard InChI is InChI=1S/C13H25Si/c1-5-6-8-12-9-7-10-13(11-12)14(2,3)4/h6,8-9,12-13H,5,7,10-11H2,1-4H3/b8-6+. The predicted molar refractivity (Wildman–Crippen MR) is 68.2 cm³/mol. The molecule has 0 saturated heterocycles. The van der Waals surface area contributed by atoms with Gasteiger partial charge in [0.2, 0.25) is 0 Å². The van der Waals surface area contributed by atoms with Crippen molar-refractivity contribution in [2.24, 2.45) is 5.92 Å². The van der Waals surface area contributed by atoms with Crippen LogP contribution >= 0.6 is 0 Å². The van der Waals surface area contributed by atoms with Crippen molar-refractivity contribution in [3.05, 3.63) is 18.6 Å². The molecule has 1 heteroatoms. The quantitative estimate of drug-likeness (QED) is 0.468. The van der Waals surface area contributed by atoms with E-state index in [0.717, 1.165) is 11.5 Å². The van der Waals surface area contributed by atoms with Crippen LogP contribution in [0.4, 0.5) is 0 Å². The molecule has 81 valence electrons. The molecule has 2 unspecified atom stereocenters. The SMILES string of the molecule is CC/C=C/C1[CH]CCC([Si](C)(C)C)C1. The van der Waals surface area contributed by atoms with E-state index in [9.17, 15) is 0 Å². The Morgan fingerprint density at radius 3 is 2.64 bits per heavy atom. The molecule has 1 rings (SSSR count). The van der Waals surface area contributed by atoms with Crippen molar-refractivity contribution in [1.82, 2.24) is 0 Å². The predicted octanol–water partition coefficient (Wildman–Crippen LogP) is 4.67. The van der Waals surface area contributed by atoms with E-state index in [4.69, 9.17) is 0 Å². The summed E-state index contributed by atoms with van der Waals surface area (Å²) in [6.07, 6.45) is 12.7. The lowest BCUT2D eigenvalue weighted by molar-refractivity contribution is 0.499. The molecule has 1 aliphatic carbocycles. The van der Waals surface area contributed by atoms with Gasteiger partial charge in [-0.2, -0.15) is 0 Å². The Morgan fingerprint density at radius 2 is 2.07 bits per heavy atom. The molecule has 0 aromatic carbocycles. The molecule has 0 aliphatic heterocycles. The van der Waals surface area contributed by atoms with Crippen molar-refractivity contribution in [2.75, 3.05) is 0 Å². The minimum absolute atomic E-state index is 0.778. The van der Waals surface area contributed by atoms with E-state index >= 15 is 0 Å². The summed E-state index contributed by atoms with van der Waals surface area (Å²) in [6.45, 7) is 9.77. The molecule has 0 spiro atoms. The minimum Gasteiger partial charge on any atom is -0.0885 e. The molecule has 0 aromatic heterocycles. The van der Waals surface area contributed by atoms with Gasteiger partial charge in [-0.3, -0.25) is 0 Å². The fraction of sp³-hybridized carbons (Fsp3) is 0.769. The Bertz CT molecular complexity index is 188. The van der Waals surface area contributed by atoms with Gasteiger partial charge in [-0.05, 0) is 37.1 Å². The first-order valence-corrected chi connectivity index (χ1v) is 9.61. The molecule has 0 N–H and O–H groups in total. The smallest absolute Gasteiger partial charge is 0.0474 e. The van der Waals surface area contributed by atoms with Gasteiger partial charge in [0, 0.05) is 8.07 Å². The van der Waals surface area contributed by atoms with E-state index in [0.29, 0.717) is 0 Å². The summed E-state index contributed by atoms with van der Waals surface area (Å²) in [6, 6.07) is 0. The number of allylic oxidation sites excluding steroid dienone is 2. The van der Waals surface area contributed by atoms with E-state index in [1.54, 1.807) is 0 Å². The number of hydrogen-bond acceptors (Lipinski definition) is 0. The van der Waals surface area contributed by atoms with Crippen molar-refractivity contribution in [2.45, 2.75) is 57.8 Å². The van der Waals surface area contributed by atoms with Gasteiger partial charge in [-0.25, -0.2) is 0 Å². The maximum Gasteiger partial charge on any atom is 0.0474 e. The maximum absolute atomic E-state index is 2.52. The highest BCUT2D eigenvalue weighted by molar-refractivity contribution is 6.77. The summed E-state index contributed by atoms with van der Waals surface area (Å²) in [7, 11) is -0.891. The maximum atomic E-state index is 2.52. The molecule has 0 nitrogen and oxygen atoms in total. The summed E-state index contributed by atoms with van der Waals surface area (Å²) >= 11 is 0. The Hall–Kier alpha value is -0.0431. The average Bonchev–Trinajstić information content (AvgIpc) is 2.14. The summed E-state index contributed by atoms with van der Waals surface area (Å²) < 4.78 is 0. The van der Waals surface area contributed by atoms with Crippen LogP contribution in [-0.4, -0.2) is 8.07 Å². The van der Waals surface area contributed by atoms with Crippen molar-refractivity contribution in [1.29, 1.82) is 0 Å². The fourth-order valence-electron chi connectivity index (χ4n) is 2.31. The molecule has 0 aromatic rings. The first-order chi connectivity index (χ1) is 6.54. The minimum atomic E-state index is -0.891. The number of rotatable bonds is 3. The normalized spacial score (nSPS) is 29.7. The zero-order chi connectivity index (χ0) is 10.6. The van der Waals surface area contributed by atoms with Crippen LogP contribution in [0.25, 0.3) is 0 Å². The third-order valence-electron chi connectivity index (χ3n) is 3.38. The third kappa shape index (κ3) is 3.60. The van der Waals surface area contributed by atoms with Crippen LogP contribution < -0.4 is 0 Å². The van der Waals surface area contributed by atoms with Gasteiger partial charge in [0.15, 0.2) is 0 Å². The molecular formula is C13H25Si. The third-order valence-corrected chi connectivity index (χ3v) is 6.36. The van der Waals surface area contributed by atoms with Gasteiger partial charge in [0.25, 0.3) is 0 Å². The molecular weight excluding hydrogens is 184 g/mol. The van der Waals surface area contributed by atoms with Gasteiger partial charge in [0.1, 0.15) is 0 Å². The highest BCUT2D eigenvalue weighted by Crippen LogP contribution is 2.39. The summed E-state index contributed by atoms with van der Waals surface area (Å²) in [5, 5.41) is 0. The lowest BCUT2D eigenvalue weighted by Gasteiger charge is -2.35. The highest BCUT2D eigenvalue weighted by Gasteiger charge is 2.30. The average molecular weight is 209 g/mol. The number of hydrogen-bond donors (Lipinski definition) is 0. The molecule has 1 radical (unpaired) electrons. The van der Waals surface area contributed by atoms with Crippen LogP contribution in [0.2, 0.25) is 25.2 Å². The zero-order valence-corrected chi connectivity index (χ0v) is 11.2. The molecule has 0 amide bonds. The van der Waals surface area contributed by atoms with Gasteiger partial charge >= 0.3 is 0 Å². The Balaban J connectivity index is 2.48. The lowest BCUT2D eigenvalue weighted by Crippen LogP contribution is -2.31. The molecule has 0 bridgehead atoms. The van der Waals surface area contributed by atoms with Crippen molar-refractivity contribution in [3.63, 3.8) is 0 Å².